The number of halogens is 2. The molecule has 7 heteroatoms. The number of nitrogens with zero attached hydrogens (tertiary/aromatic N) is 1. The number of anilines is 1. The Morgan fingerprint density at radius 1 is 1.30 bits per heavy atom. The first-order valence-corrected chi connectivity index (χ1v) is 7.08. The molecule has 1 aliphatic rings. The predicted octanol–water partition coefficient (Wildman–Crippen LogP) is 2.55. The first-order chi connectivity index (χ1) is 11.0. The normalized spacial score (nSPS) is 17.6. The molecule has 2 aromatic rings. The van der Waals surface area contributed by atoms with Gasteiger partial charge in [-0.15, -0.1) is 0 Å². The van der Waals surface area contributed by atoms with Gasteiger partial charge in [-0.2, -0.15) is 0 Å². The Hall–Kier alpha value is -2.70. The zero-order chi connectivity index (χ0) is 16.4. The molecule has 5 nitrogen and oxygen atoms in total. The van der Waals surface area contributed by atoms with E-state index in [1.165, 1.54) is 11.2 Å². The summed E-state index contributed by atoms with van der Waals surface area (Å²) in [5.74, 6) is -2.09. The van der Waals surface area contributed by atoms with Crippen LogP contribution in [0, 0.1) is 17.6 Å². The van der Waals surface area contributed by atoms with Crippen molar-refractivity contribution in [1.29, 1.82) is 0 Å². The van der Waals surface area contributed by atoms with E-state index in [9.17, 15) is 18.4 Å². The lowest BCUT2D eigenvalue weighted by Gasteiger charge is -2.15. The minimum atomic E-state index is -0.776. The lowest BCUT2D eigenvalue weighted by atomic mass is 10.1. The van der Waals surface area contributed by atoms with Crippen molar-refractivity contribution in [2.75, 3.05) is 11.9 Å². The minimum absolute atomic E-state index is 0.0319. The number of carbonyl (C=O) groups excluding carboxylic acids is 2. The Balaban J connectivity index is 1.63. The number of furan rings is 1. The topological polar surface area (TPSA) is 62.6 Å². The van der Waals surface area contributed by atoms with Crippen molar-refractivity contribution in [3.63, 3.8) is 0 Å². The fraction of sp³-hybridized carbons (Fsp3) is 0.250. The standard InChI is InChI=1S/C16H14F2N2O3/c17-11-5-12(18)7-13(6-11)19-16(22)10-4-15(21)20(8-10)9-14-2-1-3-23-14/h1-3,5-7,10H,4,8-9H2,(H,19,22). The van der Waals surface area contributed by atoms with Gasteiger partial charge in [-0.3, -0.25) is 9.59 Å². The van der Waals surface area contributed by atoms with Gasteiger partial charge in [-0.1, -0.05) is 0 Å². The molecule has 2 heterocycles. The quantitative estimate of drug-likeness (QED) is 0.941. The maximum absolute atomic E-state index is 13.1. The molecule has 2 amide bonds. The van der Waals surface area contributed by atoms with Crippen LogP contribution in [0.4, 0.5) is 14.5 Å². The number of amides is 2. The van der Waals surface area contributed by atoms with Crippen LogP contribution in [0.3, 0.4) is 0 Å². The number of nitrogens with one attached hydrogen (secondary N) is 1. The van der Waals surface area contributed by atoms with Crippen molar-refractivity contribution in [1.82, 2.24) is 4.90 Å². The van der Waals surface area contributed by atoms with E-state index in [1.54, 1.807) is 12.1 Å². The Morgan fingerprint density at radius 3 is 2.70 bits per heavy atom. The highest BCUT2D eigenvalue weighted by molar-refractivity contribution is 5.97. The molecule has 23 heavy (non-hydrogen) atoms. The average molecular weight is 320 g/mol. The lowest BCUT2D eigenvalue weighted by Crippen LogP contribution is -2.27. The van der Waals surface area contributed by atoms with Gasteiger partial charge in [-0.25, -0.2) is 8.78 Å². The van der Waals surface area contributed by atoms with Gasteiger partial charge in [0.25, 0.3) is 0 Å². The maximum atomic E-state index is 13.1. The molecule has 1 saturated heterocycles. The third-order valence-electron chi connectivity index (χ3n) is 3.64. The van der Waals surface area contributed by atoms with Gasteiger partial charge in [0.05, 0.1) is 18.7 Å². The van der Waals surface area contributed by atoms with Gasteiger partial charge in [0, 0.05) is 24.7 Å². The van der Waals surface area contributed by atoms with E-state index in [1.807, 2.05) is 0 Å². The molecular weight excluding hydrogens is 306 g/mol. The first-order valence-electron chi connectivity index (χ1n) is 7.08. The first kappa shape index (κ1) is 15.2. The van der Waals surface area contributed by atoms with E-state index in [-0.39, 0.29) is 24.6 Å². The molecule has 0 saturated carbocycles. The van der Waals surface area contributed by atoms with E-state index >= 15 is 0 Å². The van der Waals surface area contributed by atoms with Gasteiger partial charge in [0.15, 0.2) is 0 Å². The Bertz CT molecular complexity index is 711. The Morgan fingerprint density at radius 2 is 2.04 bits per heavy atom. The largest absolute Gasteiger partial charge is 0.467 e. The summed E-state index contributed by atoms with van der Waals surface area (Å²) in [6.45, 7) is 0.535. The Kier molecular flexibility index (Phi) is 4.10. The molecule has 1 unspecified atom stereocenters. The van der Waals surface area contributed by atoms with Crippen LogP contribution in [0.1, 0.15) is 12.2 Å². The number of benzene rings is 1. The van der Waals surface area contributed by atoms with E-state index in [2.05, 4.69) is 5.32 Å². The summed E-state index contributed by atoms with van der Waals surface area (Å²) >= 11 is 0. The second-order valence-corrected chi connectivity index (χ2v) is 5.40. The zero-order valence-electron chi connectivity index (χ0n) is 12.1. The van der Waals surface area contributed by atoms with Crippen LogP contribution in [-0.4, -0.2) is 23.3 Å². The number of rotatable bonds is 4. The summed E-state index contributed by atoms with van der Waals surface area (Å²) in [4.78, 5) is 25.7. The third-order valence-corrected chi connectivity index (χ3v) is 3.64. The molecule has 1 N–H and O–H groups in total. The van der Waals surface area contributed by atoms with Crippen molar-refractivity contribution < 1.29 is 22.8 Å². The lowest BCUT2D eigenvalue weighted by molar-refractivity contribution is -0.128. The molecule has 0 spiro atoms. The van der Waals surface area contributed by atoms with E-state index < -0.39 is 23.5 Å². The van der Waals surface area contributed by atoms with Crippen molar-refractivity contribution in [3.8, 4) is 0 Å². The fourth-order valence-electron chi connectivity index (χ4n) is 2.56. The van der Waals surface area contributed by atoms with Crippen LogP contribution in [0.15, 0.2) is 41.0 Å². The van der Waals surface area contributed by atoms with Crippen LogP contribution in [0.5, 0.6) is 0 Å². The molecule has 3 rings (SSSR count). The van der Waals surface area contributed by atoms with Crippen LogP contribution in [-0.2, 0) is 16.1 Å². The highest BCUT2D eigenvalue weighted by Crippen LogP contribution is 2.22. The molecule has 1 atom stereocenters. The number of hydrogen-bond donors (Lipinski definition) is 1. The summed E-state index contributed by atoms with van der Waals surface area (Å²) < 4.78 is 31.4. The molecule has 0 radical (unpaired) electrons. The monoisotopic (exact) mass is 320 g/mol. The van der Waals surface area contributed by atoms with Crippen LogP contribution >= 0.6 is 0 Å². The molecular formula is C16H14F2N2O3. The van der Waals surface area contributed by atoms with Crippen molar-refractivity contribution in [2.24, 2.45) is 5.92 Å². The smallest absolute Gasteiger partial charge is 0.229 e. The number of carbonyl (C=O) groups is 2. The van der Waals surface area contributed by atoms with Crippen LogP contribution in [0.2, 0.25) is 0 Å². The average Bonchev–Trinajstić information content (AvgIpc) is 3.09. The minimum Gasteiger partial charge on any atom is -0.467 e. The predicted molar refractivity (Wildman–Crippen MR) is 77.2 cm³/mol. The van der Waals surface area contributed by atoms with Crippen molar-refractivity contribution >= 4 is 17.5 Å². The number of likely N-dealkylation sites (tertiary alicyclic amines) is 1. The fourth-order valence-corrected chi connectivity index (χ4v) is 2.56. The van der Waals surface area contributed by atoms with Gasteiger partial charge < -0.3 is 14.6 Å². The highest BCUT2D eigenvalue weighted by Gasteiger charge is 2.34. The van der Waals surface area contributed by atoms with E-state index in [0.29, 0.717) is 12.3 Å². The van der Waals surface area contributed by atoms with Gasteiger partial charge >= 0.3 is 0 Å². The molecule has 0 aliphatic carbocycles. The summed E-state index contributed by atoms with van der Waals surface area (Å²) in [6.07, 6.45) is 1.57. The molecule has 120 valence electrons. The third kappa shape index (κ3) is 3.56. The van der Waals surface area contributed by atoms with Gasteiger partial charge in [-0.05, 0) is 24.3 Å². The summed E-state index contributed by atoms with van der Waals surface area (Å²) in [5.41, 5.74) is 0.0319. The molecule has 1 aliphatic heterocycles. The summed E-state index contributed by atoms with van der Waals surface area (Å²) in [6, 6.07) is 6.24. The van der Waals surface area contributed by atoms with Gasteiger partial charge in [0.2, 0.25) is 11.8 Å². The molecule has 1 aromatic carbocycles. The molecule has 1 fully saturated rings. The second kappa shape index (κ2) is 6.20. The van der Waals surface area contributed by atoms with E-state index in [4.69, 9.17) is 4.42 Å². The van der Waals surface area contributed by atoms with Crippen molar-refractivity contribution in [2.45, 2.75) is 13.0 Å². The zero-order valence-corrected chi connectivity index (χ0v) is 12.1. The van der Waals surface area contributed by atoms with Crippen molar-refractivity contribution in [3.05, 3.63) is 54.0 Å². The molecule has 0 bridgehead atoms. The highest BCUT2D eigenvalue weighted by atomic mass is 19.1. The van der Waals surface area contributed by atoms with Crippen LogP contribution < -0.4 is 5.32 Å². The van der Waals surface area contributed by atoms with Gasteiger partial charge in [0.1, 0.15) is 17.4 Å². The maximum Gasteiger partial charge on any atom is 0.229 e. The number of hydrogen-bond acceptors (Lipinski definition) is 3. The van der Waals surface area contributed by atoms with Crippen LogP contribution in [0.25, 0.3) is 0 Å². The summed E-state index contributed by atoms with van der Waals surface area (Å²) in [7, 11) is 0. The Labute approximate surface area is 130 Å². The second-order valence-electron chi connectivity index (χ2n) is 5.40. The van der Waals surface area contributed by atoms with E-state index in [0.717, 1.165) is 18.2 Å². The summed E-state index contributed by atoms with van der Waals surface area (Å²) in [5, 5.41) is 2.44. The SMILES string of the molecule is O=C(Nc1cc(F)cc(F)c1)C1CC(=O)N(Cc2ccco2)C1. The molecule has 1 aromatic heterocycles.